The predicted octanol–water partition coefficient (Wildman–Crippen LogP) is 5.45. The second kappa shape index (κ2) is 12.8. The topological polar surface area (TPSA) is 55.8 Å². The molecular formula is C15H33O4P. The molecule has 20 heavy (non-hydrogen) atoms. The molecule has 0 bridgehead atoms. The van der Waals surface area contributed by atoms with Crippen molar-refractivity contribution in [2.45, 2.75) is 91.1 Å². The van der Waals surface area contributed by atoms with Crippen LogP contribution in [0.3, 0.4) is 0 Å². The number of phosphoric acid groups is 1. The standard InChI is InChI=1S/C15H33O4P/c1-4-5-6-7-8-9-10-11-12-13-14-18-20(16,17)19-15(2)3/h15H,4-14H2,1-3H3,(H,16,17). The molecule has 0 heterocycles. The largest absolute Gasteiger partial charge is 0.472 e. The van der Waals surface area contributed by atoms with E-state index >= 15 is 0 Å². The summed E-state index contributed by atoms with van der Waals surface area (Å²) < 4.78 is 21.1. The second-order valence-electron chi connectivity index (χ2n) is 5.64. The molecule has 122 valence electrons. The van der Waals surface area contributed by atoms with Crippen LogP contribution in [0.25, 0.3) is 0 Å². The molecule has 0 fully saturated rings. The summed E-state index contributed by atoms with van der Waals surface area (Å²) in [6.07, 6.45) is 12.0. The van der Waals surface area contributed by atoms with Gasteiger partial charge < -0.3 is 4.89 Å². The van der Waals surface area contributed by atoms with Crippen molar-refractivity contribution >= 4 is 7.82 Å². The van der Waals surface area contributed by atoms with Gasteiger partial charge in [0.05, 0.1) is 12.7 Å². The molecule has 0 aliphatic rings. The number of phosphoric ester groups is 1. The summed E-state index contributed by atoms with van der Waals surface area (Å²) in [5.41, 5.74) is 0. The van der Waals surface area contributed by atoms with Crippen LogP contribution < -0.4 is 0 Å². The first-order valence-electron chi connectivity index (χ1n) is 8.13. The van der Waals surface area contributed by atoms with E-state index < -0.39 is 7.82 Å². The normalized spacial score (nSPS) is 14.7. The Bertz CT molecular complexity index is 256. The number of unbranched alkanes of at least 4 members (excludes halogenated alkanes) is 9. The predicted molar refractivity (Wildman–Crippen MR) is 83.8 cm³/mol. The fourth-order valence-corrected chi connectivity index (χ4v) is 3.02. The van der Waals surface area contributed by atoms with Gasteiger partial charge in [0.25, 0.3) is 0 Å². The van der Waals surface area contributed by atoms with Crippen LogP contribution >= 0.6 is 7.82 Å². The Morgan fingerprint density at radius 1 is 0.900 bits per heavy atom. The molecule has 0 aromatic carbocycles. The summed E-state index contributed by atoms with van der Waals surface area (Å²) in [4.78, 5) is 9.34. The van der Waals surface area contributed by atoms with Crippen molar-refractivity contribution in [3.8, 4) is 0 Å². The van der Waals surface area contributed by atoms with Gasteiger partial charge in [-0.05, 0) is 20.3 Å². The minimum absolute atomic E-state index is 0.293. The molecule has 1 atom stereocenters. The van der Waals surface area contributed by atoms with Gasteiger partial charge in [-0.3, -0.25) is 9.05 Å². The molecule has 0 saturated heterocycles. The Morgan fingerprint density at radius 3 is 1.80 bits per heavy atom. The Labute approximate surface area is 124 Å². The molecule has 0 aliphatic carbocycles. The lowest BCUT2D eigenvalue weighted by atomic mass is 10.1. The summed E-state index contributed by atoms with van der Waals surface area (Å²) in [5, 5.41) is 0. The van der Waals surface area contributed by atoms with Crippen LogP contribution in [0.4, 0.5) is 0 Å². The summed E-state index contributed by atoms with van der Waals surface area (Å²) in [7, 11) is -3.83. The van der Waals surface area contributed by atoms with Gasteiger partial charge in [-0.25, -0.2) is 4.57 Å². The number of rotatable bonds is 14. The van der Waals surface area contributed by atoms with Gasteiger partial charge in [0.1, 0.15) is 0 Å². The summed E-state index contributed by atoms with van der Waals surface area (Å²) in [6.45, 7) is 5.97. The van der Waals surface area contributed by atoms with Crippen LogP contribution in [-0.2, 0) is 13.6 Å². The van der Waals surface area contributed by atoms with Crippen molar-refractivity contribution in [3.05, 3.63) is 0 Å². The van der Waals surface area contributed by atoms with E-state index in [1.165, 1.54) is 51.4 Å². The van der Waals surface area contributed by atoms with Crippen LogP contribution in [-0.4, -0.2) is 17.6 Å². The van der Waals surface area contributed by atoms with E-state index in [-0.39, 0.29) is 6.10 Å². The molecule has 0 spiro atoms. The molecular weight excluding hydrogens is 275 g/mol. The molecule has 0 amide bonds. The van der Waals surface area contributed by atoms with Crippen LogP contribution in [0, 0.1) is 0 Å². The molecule has 5 heteroatoms. The first-order valence-corrected chi connectivity index (χ1v) is 9.63. The average molecular weight is 308 g/mol. The zero-order valence-electron chi connectivity index (χ0n) is 13.5. The summed E-state index contributed by atoms with van der Waals surface area (Å²) in [5.74, 6) is 0. The third-order valence-electron chi connectivity index (χ3n) is 3.10. The first kappa shape index (κ1) is 20.1. The first-order chi connectivity index (χ1) is 9.48. The van der Waals surface area contributed by atoms with Gasteiger partial charge >= 0.3 is 7.82 Å². The van der Waals surface area contributed by atoms with E-state index in [1.807, 2.05) is 0 Å². The summed E-state index contributed by atoms with van der Waals surface area (Å²) >= 11 is 0. The Balaban J connectivity index is 3.26. The fraction of sp³-hybridized carbons (Fsp3) is 1.00. The maximum atomic E-state index is 11.4. The van der Waals surface area contributed by atoms with Crippen molar-refractivity contribution in [1.29, 1.82) is 0 Å². The van der Waals surface area contributed by atoms with E-state index in [0.29, 0.717) is 6.61 Å². The Hall–Kier alpha value is 0.110. The lowest BCUT2D eigenvalue weighted by molar-refractivity contribution is 0.119. The van der Waals surface area contributed by atoms with Crippen LogP contribution in [0.15, 0.2) is 0 Å². The fourth-order valence-electron chi connectivity index (χ4n) is 2.07. The van der Waals surface area contributed by atoms with Crippen molar-refractivity contribution in [2.75, 3.05) is 6.61 Å². The van der Waals surface area contributed by atoms with Crippen LogP contribution in [0.2, 0.25) is 0 Å². The molecule has 4 nitrogen and oxygen atoms in total. The Kier molecular flexibility index (Phi) is 12.9. The van der Waals surface area contributed by atoms with E-state index in [0.717, 1.165) is 12.8 Å². The highest BCUT2D eigenvalue weighted by Crippen LogP contribution is 2.44. The third-order valence-corrected chi connectivity index (χ3v) is 4.29. The quantitative estimate of drug-likeness (QED) is 0.342. The van der Waals surface area contributed by atoms with Gasteiger partial charge in [0.2, 0.25) is 0 Å². The van der Waals surface area contributed by atoms with Gasteiger partial charge in [-0.15, -0.1) is 0 Å². The lowest BCUT2D eigenvalue weighted by Crippen LogP contribution is -2.03. The zero-order chi connectivity index (χ0) is 15.3. The van der Waals surface area contributed by atoms with Crippen molar-refractivity contribution in [3.63, 3.8) is 0 Å². The monoisotopic (exact) mass is 308 g/mol. The molecule has 0 rings (SSSR count). The highest BCUT2D eigenvalue weighted by Gasteiger charge is 2.21. The molecule has 1 unspecified atom stereocenters. The smallest absolute Gasteiger partial charge is 0.302 e. The van der Waals surface area contributed by atoms with E-state index in [9.17, 15) is 9.46 Å². The van der Waals surface area contributed by atoms with Crippen molar-refractivity contribution < 1.29 is 18.5 Å². The third kappa shape index (κ3) is 14.5. The van der Waals surface area contributed by atoms with Gasteiger partial charge in [-0.1, -0.05) is 64.7 Å². The zero-order valence-corrected chi connectivity index (χ0v) is 14.4. The number of hydrogen-bond donors (Lipinski definition) is 1. The maximum absolute atomic E-state index is 11.4. The molecule has 0 radical (unpaired) electrons. The molecule has 0 aliphatic heterocycles. The molecule has 0 aromatic rings. The molecule has 0 saturated carbocycles. The average Bonchev–Trinajstić information content (AvgIpc) is 2.34. The molecule has 0 aromatic heterocycles. The second-order valence-corrected chi connectivity index (χ2v) is 7.04. The van der Waals surface area contributed by atoms with Crippen LogP contribution in [0.1, 0.15) is 85.0 Å². The lowest BCUT2D eigenvalue weighted by Gasteiger charge is -2.14. The van der Waals surface area contributed by atoms with Crippen molar-refractivity contribution in [2.24, 2.45) is 0 Å². The maximum Gasteiger partial charge on any atom is 0.472 e. The van der Waals surface area contributed by atoms with E-state index in [2.05, 4.69) is 6.92 Å². The SMILES string of the molecule is CCCCCCCCCCCCOP(=O)(O)OC(C)C. The van der Waals surface area contributed by atoms with Crippen molar-refractivity contribution in [1.82, 2.24) is 0 Å². The van der Waals surface area contributed by atoms with E-state index in [1.54, 1.807) is 13.8 Å². The van der Waals surface area contributed by atoms with E-state index in [4.69, 9.17) is 9.05 Å². The number of hydrogen-bond acceptors (Lipinski definition) is 3. The summed E-state index contributed by atoms with van der Waals surface area (Å²) in [6, 6.07) is 0. The minimum Gasteiger partial charge on any atom is -0.302 e. The highest BCUT2D eigenvalue weighted by molar-refractivity contribution is 7.47. The highest BCUT2D eigenvalue weighted by atomic mass is 31.2. The van der Waals surface area contributed by atoms with Gasteiger partial charge in [-0.2, -0.15) is 0 Å². The molecule has 1 N–H and O–H groups in total. The van der Waals surface area contributed by atoms with Crippen LogP contribution in [0.5, 0.6) is 0 Å². The van der Waals surface area contributed by atoms with Gasteiger partial charge in [0.15, 0.2) is 0 Å². The minimum atomic E-state index is -3.83. The Morgan fingerprint density at radius 2 is 1.35 bits per heavy atom. The van der Waals surface area contributed by atoms with Gasteiger partial charge in [0, 0.05) is 0 Å².